The fourth-order valence-corrected chi connectivity index (χ4v) is 2.28. The molecule has 3 rings (SSSR count). The number of furan rings is 1. The summed E-state index contributed by atoms with van der Waals surface area (Å²) in [4.78, 5) is 16.0. The van der Waals surface area contributed by atoms with Crippen molar-refractivity contribution >= 4 is 28.1 Å². The van der Waals surface area contributed by atoms with Crippen molar-refractivity contribution in [2.75, 3.05) is 0 Å². The lowest BCUT2D eigenvalue weighted by Crippen LogP contribution is -2.17. The van der Waals surface area contributed by atoms with Crippen molar-refractivity contribution in [1.29, 1.82) is 0 Å². The van der Waals surface area contributed by atoms with E-state index in [1.54, 1.807) is 18.2 Å². The quantitative estimate of drug-likeness (QED) is 0.542. The molecule has 6 heteroatoms. The predicted octanol–water partition coefficient (Wildman–Crippen LogP) is 4.18. The van der Waals surface area contributed by atoms with Gasteiger partial charge in [0.15, 0.2) is 0 Å². The van der Waals surface area contributed by atoms with E-state index in [2.05, 4.69) is 31.4 Å². The Balaban J connectivity index is 1.64. The highest BCUT2D eigenvalue weighted by Crippen LogP contribution is 2.23. The number of aromatic nitrogens is 1. The Bertz CT molecular complexity index is 868. The molecule has 0 saturated heterocycles. The molecule has 1 aromatic carbocycles. The van der Waals surface area contributed by atoms with E-state index >= 15 is 0 Å². The van der Waals surface area contributed by atoms with Crippen LogP contribution in [0.1, 0.15) is 21.8 Å². The highest BCUT2D eigenvalue weighted by molar-refractivity contribution is 9.10. The smallest absolute Gasteiger partial charge is 0.272 e. The average molecular weight is 384 g/mol. The Morgan fingerprint density at radius 2 is 1.96 bits per heavy atom. The van der Waals surface area contributed by atoms with Crippen LogP contribution in [0.25, 0.3) is 11.3 Å². The van der Waals surface area contributed by atoms with E-state index in [9.17, 15) is 4.79 Å². The summed E-state index contributed by atoms with van der Waals surface area (Å²) in [6, 6.07) is 14.9. The van der Waals surface area contributed by atoms with E-state index in [0.29, 0.717) is 11.3 Å². The standard InChI is InChI=1S/C18H14BrN3O2/c1-12-2-3-14(10-20-12)18(23)22-21-11-16-8-9-17(24-16)13-4-6-15(19)7-5-13/h2-11H,1H3,(H,22,23). The molecule has 0 spiro atoms. The fourth-order valence-electron chi connectivity index (χ4n) is 2.01. The number of rotatable bonds is 4. The maximum Gasteiger partial charge on any atom is 0.272 e. The molecule has 0 aliphatic heterocycles. The molecule has 120 valence electrons. The molecule has 0 atom stereocenters. The molecule has 2 heterocycles. The number of hydrogen-bond acceptors (Lipinski definition) is 4. The minimum Gasteiger partial charge on any atom is -0.455 e. The van der Waals surface area contributed by atoms with Gasteiger partial charge in [-0.15, -0.1) is 0 Å². The first-order chi connectivity index (χ1) is 11.6. The van der Waals surface area contributed by atoms with Gasteiger partial charge in [-0.3, -0.25) is 9.78 Å². The van der Waals surface area contributed by atoms with Crippen molar-refractivity contribution in [2.45, 2.75) is 6.92 Å². The first kappa shape index (κ1) is 16.1. The molecular weight excluding hydrogens is 370 g/mol. The summed E-state index contributed by atoms with van der Waals surface area (Å²) in [5, 5.41) is 3.91. The number of hydrazone groups is 1. The van der Waals surface area contributed by atoms with Crippen molar-refractivity contribution in [2.24, 2.45) is 5.10 Å². The van der Waals surface area contributed by atoms with Crippen molar-refractivity contribution in [1.82, 2.24) is 10.4 Å². The number of nitrogens with one attached hydrogen (secondary N) is 1. The van der Waals surface area contributed by atoms with Crippen LogP contribution in [0.3, 0.4) is 0 Å². The summed E-state index contributed by atoms with van der Waals surface area (Å²) in [6.45, 7) is 1.86. The Morgan fingerprint density at radius 1 is 1.17 bits per heavy atom. The molecule has 0 aliphatic carbocycles. The lowest BCUT2D eigenvalue weighted by atomic mass is 10.2. The Morgan fingerprint density at radius 3 is 2.67 bits per heavy atom. The van der Waals surface area contributed by atoms with Crippen LogP contribution in [0, 0.1) is 6.92 Å². The van der Waals surface area contributed by atoms with Crippen molar-refractivity contribution in [3.8, 4) is 11.3 Å². The van der Waals surface area contributed by atoms with E-state index in [1.807, 2.05) is 37.3 Å². The topological polar surface area (TPSA) is 67.5 Å². The minimum atomic E-state index is -0.321. The summed E-state index contributed by atoms with van der Waals surface area (Å²) in [5.74, 6) is 0.965. The van der Waals surface area contributed by atoms with Crippen LogP contribution in [-0.4, -0.2) is 17.1 Å². The van der Waals surface area contributed by atoms with Crippen molar-refractivity contribution < 1.29 is 9.21 Å². The van der Waals surface area contributed by atoms with Gasteiger partial charge >= 0.3 is 0 Å². The summed E-state index contributed by atoms with van der Waals surface area (Å²) in [6.07, 6.45) is 2.97. The zero-order chi connectivity index (χ0) is 16.9. The molecular formula is C18H14BrN3O2. The number of amides is 1. The second-order valence-corrected chi connectivity index (χ2v) is 6.01. The second-order valence-electron chi connectivity index (χ2n) is 5.10. The van der Waals surface area contributed by atoms with Crippen molar-refractivity contribution in [3.05, 3.63) is 76.2 Å². The number of nitrogens with zero attached hydrogens (tertiary/aromatic N) is 2. The highest BCUT2D eigenvalue weighted by atomic mass is 79.9. The molecule has 1 N–H and O–H groups in total. The number of halogens is 1. The third-order valence-corrected chi connectivity index (χ3v) is 3.82. The zero-order valence-corrected chi connectivity index (χ0v) is 14.4. The number of benzene rings is 1. The molecule has 0 unspecified atom stereocenters. The third-order valence-electron chi connectivity index (χ3n) is 3.29. The molecule has 24 heavy (non-hydrogen) atoms. The van der Waals surface area contributed by atoms with Crippen LogP contribution in [-0.2, 0) is 0 Å². The molecule has 0 saturated carbocycles. The van der Waals surface area contributed by atoms with Gasteiger partial charge in [0.25, 0.3) is 5.91 Å². The van der Waals surface area contributed by atoms with Crippen LogP contribution < -0.4 is 5.43 Å². The number of pyridine rings is 1. The van der Waals surface area contributed by atoms with Gasteiger partial charge in [0.05, 0.1) is 11.8 Å². The second kappa shape index (κ2) is 7.23. The summed E-state index contributed by atoms with van der Waals surface area (Å²) >= 11 is 3.40. The van der Waals surface area contributed by atoms with E-state index in [0.717, 1.165) is 21.5 Å². The molecule has 0 bridgehead atoms. The maximum absolute atomic E-state index is 11.9. The summed E-state index contributed by atoms with van der Waals surface area (Å²) in [7, 11) is 0. The minimum absolute atomic E-state index is 0.321. The van der Waals surface area contributed by atoms with E-state index < -0.39 is 0 Å². The van der Waals surface area contributed by atoms with Crippen molar-refractivity contribution in [3.63, 3.8) is 0 Å². The molecule has 2 aromatic heterocycles. The lowest BCUT2D eigenvalue weighted by molar-refractivity contribution is 0.0954. The first-order valence-electron chi connectivity index (χ1n) is 7.24. The third kappa shape index (κ3) is 3.97. The number of aryl methyl sites for hydroxylation is 1. The van der Waals surface area contributed by atoms with Gasteiger partial charge in [-0.1, -0.05) is 28.1 Å². The maximum atomic E-state index is 11.9. The van der Waals surface area contributed by atoms with Crippen LogP contribution >= 0.6 is 15.9 Å². The van der Waals surface area contributed by atoms with E-state index in [-0.39, 0.29) is 5.91 Å². The Kier molecular flexibility index (Phi) is 4.86. The lowest BCUT2D eigenvalue weighted by Gasteiger charge is -1.99. The van der Waals surface area contributed by atoms with E-state index in [1.165, 1.54) is 12.4 Å². The molecule has 3 aromatic rings. The normalized spacial score (nSPS) is 10.9. The van der Waals surface area contributed by atoms with Gasteiger partial charge in [-0.25, -0.2) is 5.43 Å². The fraction of sp³-hybridized carbons (Fsp3) is 0.0556. The summed E-state index contributed by atoms with van der Waals surface area (Å²) < 4.78 is 6.69. The molecule has 0 aliphatic rings. The molecule has 5 nitrogen and oxygen atoms in total. The van der Waals surface area contributed by atoms with Gasteiger partial charge in [-0.2, -0.15) is 5.10 Å². The predicted molar refractivity (Wildman–Crippen MR) is 95.9 cm³/mol. The number of carbonyl (C=O) groups is 1. The van der Waals surface area contributed by atoms with Gasteiger partial charge in [-0.05, 0) is 43.3 Å². The highest BCUT2D eigenvalue weighted by Gasteiger charge is 2.05. The number of carbonyl (C=O) groups excluding carboxylic acids is 1. The number of hydrogen-bond donors (Lipinski definition) is 1. The van der Waals surface area contributed by atoms with Gasteiger partial charge in [0, 0.05) is 21.9 Å². The van der Waals surface area contributed by atoms with Crippen LogP contribution in [0.2, 0.25) is 0 Å². The first-order valence-corrected chi connectivity index (χ1v) is 8.03. The Hall–Kier alpha value is -2.73. The molecule has 1 amide bonds. The van der Waals surface area contributed by atoms with Gasteiger partial charge < -0.3 is 4.42 Å². The Labute approximate surface area is 147 Å². The van der Waals surface area contributed by atoms with Crippen LogP contribution in [0.5, 0.6) is 0 Å². The summed E-state index contributed by atoms with van der Waals surface area (Å²) in [5.41, 5.74) is 4.72. The zero-order valence-electron chi connectivity index (χ0n) is 12.9. The average Bonchev–Trinajstić information content (AvgIpc) is 3.05. The van der Waals surface area contributed by atoms with Gasteiger partial charge in [0.2, 0.25) is 0 Å². The molecule has 0 fully saturated rings. The molecule has 0 radical (unpaired) electrons. The van der Waals surface area contributed by atoms with Gasteiger partial charge in [0.1, 0.15) is 11.5 Å². The SMILES string of the molecule is Cc1ccc(C(=O)NN=Cc2ccc(-c3ccc(Br)cc3)o2)cn1. The van der Waals surface area contributed by atoms with Crippen LogP contribution in [0.15, 0.2) is 68.7 Å². The van der Waals surface area contributed by atoms with E-state index in [4.69, 9.17) is 4.42 Å². The van der Waals surface area contributed by atoms with Crippen LogP contribution in [0.4, 0.5) is 0 Å². The largest absolute Gasteiger partial charge is 0.455 e. The monoisotopic (exact) mass is 383 g/mol.